The summed E-state index contributed by atoms with van der Waals surface area (Å²) in [4.78, 5) is 21.2. The van der Waals surface area contributed by atoms with E-state index in [0.717, 1.165) is 27.7 Å². The molecule has 0 fully saturated rings. The maximum absolute atomic E-state index is 13.8. The van der Waals surface area contributed by atoms with Gasteiger partial charge in [-0.3, -0.25) is 9.69 Å². The van der Waals surface area contributed by atoms with E-state index in [1.54, 1.807) is 17.0 Å². The van der Waals surface area contributed by atoms with Crippen LogP contribution in [0.1, 0.15) is 6.42 Å². The fourth-order valence-corrected chi connectivity index (χ4v) is 4.21. The minimum atomic E-state index is -0.487. The molecule has 0 N–H and O–H groups in total. The Hall–Kier alpha value is -2.03. The smallest absolute Gasteiger partial charge is 0.266 e. The van der Waals surface area contributed by atoms with E-state index in [1.807, 2.05) is 32.3 Å². The number of fused-ring (bicyclic) bond motifs is 1. The van der Waals surface area contributed by atoms with Crippen molar-refractivity contribution in [2.75, 3.05) is 38.7 Å². The quantitative estimate of drug-likeness (QED) is 0.488. The van der Waals surface area contributed by atoms with E-state index in [-0.39, 0.29) is 18.3 Å². The van der Waals surface area contributed by atoms with E-state index in [1.165, 1.54) is 23.5 Å². The van der Waals surface area contributed by atoms with Crippen molar-refractivity contribution in [1.82, 2.24) is 9.88 Å². The summed E-state index contributed by atoms with van der Waals surface area (Å²) in [5, 5.41) is 0.619. The van der Waals surface area contributed by atoms with Crippen molar-refractivity contribution in [3.05, 3.63) is 52.8 Å². The molecule has 0 atom stereocenters. The Bertz CT molecular complexity index is 964. The minimum absolute atomic E-state index is 0.0670. The number of aromatic nitrogens is 1. The first-order valence-electron chi connectivity index (χ1n) is 8.82. The first-order valence-corrected chi connectivity index (χ1v) is 10.4. The van der Waals surface area contributed by atoms with E-state index >= 15 is 0 Å². The standard InChI is InChI=1S/C20H21BrFN3O2S/c1-24(2)10-5-11-25(19(26)13-27-17-7-4-3-6-15(17)22)20-23-16-9-8-14(21)12-18(16)28-20/h3-4,6-9,12H,5,10-11,13H2,1-2H3. The topological polar surface area (TPSA) is 45.7 Å². The van der Waals surface area contributed by atoms with Crippen LogP contribution in [0.3, 0.4) is 0 Å². The van der Waals surface area contributed by atoms with Crippen molar-refractivity contribution in [2.24, 2.45) is 0 Å². The van der Waals surface area contributed by atoms with Crippen LogP contribution in [0.4, 0.5) is 9.52 Å². The number of carbonyl (C=O) groups is 1. The molecule has 1 heterocycles. The molecule has 0 aliphatic heterocycles. The largest absolute Gasteiger partial charge is 0.481 e. The van der Waals surface area contributed by atoms with Gasteiger partial charge >= 0.3 is 0 Å². The molecule has 2 aromatic carbocycles. The highest BCUT2D eigenvalue weighted by Crippen LogP contribution is 2.31. The summed E-state index contributed by atoms with van der Waals surface area (Å²) in [6.07, 6.45) is 0.790. The van der Waals surface area contributed by atoms with Gasteiger partial charge in [-0.15, -0.1) is 0 Å². The Balaban J connectivity index is 1.78. The zero-order valence-electron chi connectivity index (χ0n) is 15.7. The van der Waals surface area contributed by atoms with E-state index in [2.05, 4.69) is 25.8 Å². The summed E-state index contributed by atoms with van der Waals surface area (Å²) in [7, 11) is 3.98. The van der Waals surface area contributed by atoms with Gasteiger partial charge in [-0.25, -0.2) is 9.37 Å². The summed E-state index contributed by atoms with van der Waals surface area (Å²) in [6, 6.07) is 11.9. The third-order valence-electron chi connectivity index (χ3n) is 4.05. The van der Waals surface area contributed by atoms with Gasteiger partial charge in [-0.05, 0) is 57.4 Å². The van der Waals surface area contributed by atoms with Crippen molar-refractivity contribution >= 4 is 48.5 Å². The number of hydrogen-bond acceptors (Lipinski definition) is 5. The van der Waals surface area contributed by atoms with Crippen LogP contribution in [-0.4, -0.2) is 49.6 Å². The number of anilines is 1. The number of benzene rings is 2. The van der Waals surface area contributed by atoms with Crippen LogP contribution in [0, 0.1) is 5.82 Å². The van der Waals surface area contributed by atoms with Gasteiger partial charge < -0.3 is 9.64 Å². The molecule has 0 radical (unpaired) electrons. The lowest BCUT2D eigenvalue weighted by atomic mass is 10.3. The summed E-state index contributed by atoms with van der Waals surface area (Å²) >= 11 is 4.91. The number of amides is 1. The maximum atomic E-state index is 13.8. The fourth-order valence-electron chi connectivity index (χ4n) is 2.65. The molecule has 0 aliphatic rings. The molecule has 5 nitrogen and oxygen atoms in total. The van der Waals surface area contributed by atoms with Gasteiger partial charge in [0.15, 0.2) is 23.3 Å². The fraction of sp³-hybridized carbons (Fsp3) is 0.300. The van der Waals surface area contributed by atoms with E-state index in [4.69, 9.17) is 4.74 Å². The van der Waals surface area contributed by atoms with Crippen molar-refractivity contribution in [2.45, 2.75) is 6.42 Å². The normalized spacial score (nSPS) is 11.2. The molecule has 0 aliphatic carbocycles. The number of ether oxygens (including phenoxy) is 1. The average Bonchev–Trinajstić information content (AvgIpc) is 3.06. The third kappa shape index (κ3) is 5.27. The van der Waals surface area contributed by atoms with Crippen LogP contribution in [0.15, 0.2) is 46.9 Å². The lowest BCUT2D eigenvalue weighted by molar-refractivity contribution is -0.120. The molecule has 148 valence electrons. The number of nitrogens with zero attached hydrogens (tertiary/aromatic N) is 3. The molecule has 0 saturated heterocycles. The molecule has 3 rings (SSSR count). The minimum Gasteiger partial charge on any atom is -0.481 e. The second kappa shape index (κ2) is 9.45. The molecule has 1 amide bonds. The molecule has 8 heteroatoms. The van der Waals surface area contributed by atoms with E-state index in [9.17, 15) is 9.18 Å². The van der Waals surface area contributed by atoms with Gasteiger partial charge in [-0.2, -0.15) is 0 Å². The molecule has 0 saturated carbocycles. The Kier molecular flexibility index (Phi) is 6.98. The predicted molar refractivity (Wildman–Crippen MR) is 115 cm³/mol. The summed E-state index contributed by atoms with van der Waals surface area (Å²) in [6.45, 7) is 1.11. The second-order valence-corrected chi connectivity index (χ2v) is 8.45. The zero-order valence-corrected chi connectivity index (χ0v) is 18.1. The van der Waals surface area contributed by atoms with E-state index in [0.29, 0.717) is 11.7 Å². The second-order valence-electron chi connectivity index (χ2n) is 6.53. The van der Waals surface area contributed by atoms with Crippen molar-refractivity contribution < 1.29 is 13.9 Å². The van der Waals surface area contributed by atoms with Gasteiger partial charge in [0.25, 0.3) is 5.91 Å². The van der Waals surface area contributed by atoms with Gasteiger partial charge in [0.05, 0.1) is 10.2 Å². The molecular weight excluding hydrogens is 445 g/mol. The number of rotatable bonds is 8. The summed E-state index contributed by atoms with van der Waals surface area (Å²) in [5.74, 6) is -0.670. The van der Waals surface area contributed by atoms with Gasteiger partial charge in [0.1, 0.15) is 0 Å². The maximum Gasteiger partial charge on any atom is 0.266 e. The van der Waals surface area contributed by atoms with Gasteiger partial charge in [0, 0.05) is 11.0 Å². The number of thiazole rings is 1. The first kappa shape index (κ1) is 20.7. The van der Waals surface area contributed by atoms with Gasteiger partial charge in [-0.1, -0.05) is 39.4 Å². The highest BCUT2D eigenvalue weighted by atomic mass is 79.9. The lowest BCUT2D eigenvalue weighted by Crippen LogP contribution is -2.37. The third-order valence-corrected chi connectivity index (χ3v) is 5.58. The molecular formula is C20H21BrFN3O2S. The zero-order chi connectivity index (χ0) is 20.1. The Morgan fingerprint density at radius 3 is 2.75 bits per heavy atom. The molecule has 1 aromatic heterocycles. The molecule has 0 spiro atoms. The SMILES string of the molecule is CN(C)CCCN(C(=O)COc1ccccc1F)c1nc2ccc(Br)cc2s1. The molecule has 3 aromatic rings. The average molecular weight is 466 g/mol. The van der Waals surface area contributed by atoms with Crippen molar-refractivity contribution in [1.29, 1.82) is 0 Å². The summed E-state index contributed by atoms with van der Waals surface area (Å²) < 4.78 is 21.1. The van der Waals surface area contributed by atoms with Gasteiger partial charge in [0.2, 0.25) is 0 Å². The highest BCUT2D eigenvalue weighted by molar-refractivity contribution is 9.10. The Morgan fingerprint density at radius 1 is 1.21 bits per heavy atom. The van der Waals surface area contributed by atoms with Crippen molar-refractivity contribution in [3.63, 3.8) is 0 Å². The first-order chi connectivity index (χ1) is 13.4. The lowest BCUT2D eigenvalue weighted by Gasteiger charge is -2.21. The van der Waals surface area contributed by atoms with Crippen LogP contribution < -0.4 is 9.64 Å². The monoisotopic (exact) mass is 465 g/mol. The van der Waals surface area contributed by atoms with Crippen LogP contribution in [0.25, 0.3) is 10.2 Å². The van der Waals surface area contributed by atoms with Crippen LogP contribution in [-0.2, 0) is 4.79 Å². The number of halogens is 2. The number of carbonyl (C=O) groups excluding carboxylic acids is 1. The number of para-hydroxylation sites is 1. The Labute approximate surface area is 175 Å². The van der Waals surface area contributed by atoms with Crippen LogP contribution in [0.2, 0.25) is 0 Å². The molecule has 0 unspecified atom stereocenters. The Morgan fingerprint density at radius 2 is 2.00 bits per heavy atom. The number of hydrogen-bond donors (Lipinski definition) is 0. The van der Waals surface area contributed by atoms with Crippen LogP contribution in [0.5, 0.6) is 5.75 Å². The van der Waals surface area contributed by atoms with E-state index < -0.39 is 5.82 Å². The molecule has 28 heavy (non-hydrogen) atoms. The van der Waals surface area contributed by atoms with Crippen molar-refractivity contribution in [3.8, 4) is 5.75 Å². The highest BCUT2D eigenvalue weighted by Gasteiger charge is 2.21. The predicted octanol–water partition coefficient (Wildman–Crippen LogP) is 4.56. The summed E-state index contributed by atoms with van der Waals surface area (Å²) in [5.41, 5.74) is 0.837. The molecule has 0 bridgehead atoms. The van der Waals surface area contributed by atoms with Crippen LogP contribution >= 0.6 is 27.3 Å².